The Hall–Kier alpha value is -2.06. The van der Waals surface area contributed by atoms with Crippen LogP contribution in [0.1, 0.15) is 64.4 Å². The van der Waals surface area contributed by atoms with Crippen LogP contribution in [0.2, 0.25) is 0 Å². The number of carbonyl (C=O) groups is 2. The van der Waals surface area contributed by atoms with E-state index in [1.807, 2.05) is 12.1 Å². The summed E-state index contributed by atoms with van der Waals surface area (Å²) in [6.45, 7) is 4.56. The molecule has 0 bridgehead atoms. The first-order valence-electron chi connectivity index (χ1n) is 10.7. The number of unbranched alkanes of at least 4 members (excludes halogenated alkanes) is 5. The van der Waals surface area contributed by atoms with Crippen LogP contribution in [0, 0.1) is 0 Å². The van der Waals surface area contributed by atoms with Crippen LogP contribution in [0.25, 0.3) is 6.08 Å². The number of benzene rings is 1. The number of thiocarbonyl (C=S) groups is 1. The molecule has 1 aromatic rings. The minimum atomic E-state index is -1.06. The number of carboxylic acids is 1. The van der Waals surface area contributed by atoms with Crippen molar-refractivity contribution in [3.8, 4) is 11.5 Å². The van der Waals surface area contributed by atoms with E-state index in [4.69, 9.17) is 21.7 Å². The van der Waals surface area contributed by atoms with Crippen LogP contribution in [0.15, 0.2) is 23.1 Å². The summed E-state index contributed by atoms with van der Waals surface area (Å²) in [4.78, 5) is 25.8. The van der Waals surface area contributed by atoms with Gasteiger partial charge in [-0.25, -0.2) is 4.79 Å². The van der Waals surface area contributed by atoms with Crippen LogP contribution in [0.5, 0.6) is 11.5 Å². The summed E-state index contributed by atoms with van der Waals surface area (Å²) in [5.41, 5.74) is 0.757. The molecular formula is C23H31NO5S2. The number of thioether (sulfide) groups is 1. The number of amides is 1. The van der Waals surface area contributed by atoms with Gasteiger partial charge in [0.25, 0.3) is 5.91 Å². The molecule has 1 aromatic carbocycles. The SMILES string of the molecule is CCCCCCCCOc1ccc(/C=C2/SC(=S)N([C@H](CC)C(=O)O)C2=O)cc1OC. The van der Waals surface area contributed by atoms with Crippen molar-refractivity contribution < 1.29 is 24.2 Å². The first kappa shape index (κ1) is 25.2. The van der Waals surface area contributed by atoms with Crippen LogP contribution in [0.3, 0.4) is 0 Å². The summed E-state index contributed by atoms with van der Waals surface area (Å²) in [5, 5.41) is 9.37. The normalized spacial score (nSPS) is 16.1. The van der Waals surface area contributed by atoms with Gasteiger partial charge in [0.15, 0.2) is 11.5 Å². The van der Waals surface area contributed by atoms with E-state index in [1.54, 1.807) is 26.2 Å². The van der Waals surface area contributed by atoms with Crippen molar-refractivity contribution in [1.82, 2.24) is 4.90 Å². The van der Waals surface area contributed by atoms with E-state index in [9.17, 15) is 14.7 Å². The fourth-order valence-corrected chi connectivity index (χ4v) is 4.68. The van der Waals surface area contributed by atoms with Crippen molar-refractivity contribution in [2.75, 3.05) is 13.7 Å². The monoisotopic (exact) mass is 465 g/mol. The zero-order chi connectivity index (χ0) is 22.8. The molecule has 0 aromatic heterocycles. The largest absolute Gasteiger partial charge is 0.493 e. The zero-order valence-corrected chi connectivity index (χ0v) is 20.0. The molecule has 1 fully saturated rings. The molecule has 2 rings (SSSR count). The molecule has 1 amide bonds. The van der Waals surface area contributed by atoms with E-state index in [1.165, 1.54) is 30.6 Å². The van der Waals surface area contributed by atoms with Gasteiger partial charge in [-0.15, -0.1) is 0 Å². The van der Waals surface area contributed by atoms with Crippen LogP contribution >= 0.6 is 24.0 Å². The quantitative estimate of drug-likeness (QED) is 0.234. The Bertz CT molecular complexity index is 824. The molecule has 0 saturated carbocycles. The second-order valence-corrected chi connectivity index (χ2v) is 9.02. The second-order valence-electron chi connectivity index (χ2n) is 7.34. The van der Waals surface area contributed by atoms with E-state index in [0.29, 0.717) is 23.0 Å². The number of methoxy groups -OCH3 is 1. The molecule has 170 valence electrons. The van der Waals surface area contributed by atoms with Crippen LogP contribution in [0.4, 0.5) is 0 Å². The third kappa shape index (κ3) is 6.97. The molecule has 8 heteroatoms. The summed E-state index contributed by atoms with van der Waals surface area (Å²) >= 11 is 6.37. The van der Waals surface area contributed by atoms with E-state index >= 15 is 0 Å². The first-order chi connectivity index (χ1) is 14.9. The van der Waals surface area contributed by atoms with Gasteiger partial charge in [-0.05, 0) is 36.6 Å². The molecule has 0 spiro atoms. The lowest BCUT2D eigenvalue weighted by atomic mass is 10.1. The third-order valence-electron chi connectivity index (χ3n) is 5.05. The molecule has 1 heterocycles. The molecule has 1 aliphatic heterocycles. The minimum Gasteiger partial charge on any atom is -0.493 e. The highest BCUT2D eigenvalue weighted by atomic mass is 32.2. The minimum absolute atomic E-state index is 0.261. The molecule has 1 atom stereocenters. The number of aliphatic carboxylic acids is 1. The van der Waals surface area contributed by atoms with Gasteiger partial charge in [0.2, 0.25) is 0 Å². The Kier molecular flexibility index (Phi) is 10.3. The Labute approximate surface area is 194 Å². The van der Waals surface area contributed by atoms with Crippen molar-refractivity contribution in [2.24, 2.45) is 0 Å². The third-order valence-corrected chi connectivity index (χ3v) is 6.38. The maximum atomic E-state index is 12.7. The molecule has 1 aliphatic rings. The van der Waals surface area contributed by atoms with Gasteiger partial charge in [0.05, 0.1) is 18.6 Å². The van der Waals surface area contributed by atoms with Gasteiger partial charge in [-0.3, -0.25) is 9.69 Å². The highest BCUT2D eigenvalue weighted by Gasteiger charge is 2.39. The van der Waals surface area contributed by atoms with E-state index in [-0.39, 0.29) is 16.6 Å². The number of hydrogen-bond donors (Lipinski definition) is 1. The molecule has 31 heavy (non-hydrogen) atoms. The Morgan fingerprint density at radius 2 is 1.90 bits per heavy atom. The van der Waals surface area contributed by atoms with Gasteiger partial charge in [-0.1, -0.05) is 76.0 Å². The number of carbonyl (C=O) groups excluding carboxylic acids is 1. The topological polar surface area (TPSA) is 76.1 Å². The van der Waals surface area contributed by atoms with Gasteiger partial charge < -0.3 is 14.6 Å². The van der Waals surface area contributed by atoms with Crippen molar-refractivity contribution >= 4 is 46.3 Å². The predicted molar refractivity (Wildman–Crippen MR) is 129 cm³/mol. The summed E-state index contributed by atoms with van der Waals surface area (Å²) in [5.74, 6) is -0.190. The Balaban J connectivity index is 2.04. The lowest BCUT2D eigenvalue weighted by Crippen LogP contribution is -2.43. The molecule has 0 aliphatic carbocycles. The number of rotatable bonds is 13. The standard InChI is InChI=1S/C23H31NO5S2/c1-4-6-7-8-9-10-13-29-18-12-11-16(14-19(18)28-3)15-20-21(25)24(23(30)31-20)17(5-2)22(26)27/h11-12,14-15,17H,4-10,13H2,1-3H3,(H,26,27)/b20-15+/t17-/m1/s1. The Morgan fingerprint density at radius 3 is 2.55 bits per heavy atom. The summed E-state index contributed by atoms with van der Waals surface area (Å²) < 4.78 is 11.6. The number of hydrogen-bond acceptors (Lipinski definition) is 6. The number of ether oxygens (including phenoxy) is 2. The maximum Gasteiger partial charge on any atom is 0.326 e. The van der Waals surface area contributed by atoms with Gasteiger partial charge in [0.1, 0.15) is 10.4 Å². The molecule has 1 saturated heterocycles. The molecular weight excluding hydrogens is 434 g/mol. The number of nitrogens with zero attached hydrogens (tertiary/aromatic N) is 1. The summed E-state index contributed by atoms with van der Waals surface area (Å²) in [6.07, 6.45) is 9.16. The highest BCUT2D eigenvalue weighted by Crippen LogP contribution is 2.36. The van der Waals surface area contributed by atoms with Crippen molar-refractivity contribution in [2.45, 2.75) is 64.8 Å². The van der Waals surface area contributed by atoms with Crippen molar-refractivity contribution in [3.63, 3.8) is 0 Å². The molecule has 6 nitrogen and oxygen atoms in total. The van der Waals surface area contributed by atoms with Crippen molar-refractivity contribution in [1.29, 1.82) is 0 Å². The fraction of sp³-hybridized carbons (Fsp3) is 0.522. The molecule has 1 N–H and O–H groups in total. The van der Waals surface area contributed by atoms with Crippen molar-refractivity contribution in [3.05, 3.63) is 28.7 Å². The predicted octanol–water partition coefficient (Wildman–Crippen LogP) is 5.50. The lowest BCUT2D eigenvalue weighted by molar-refractivity contribution is -0.145. The molecule has 0 radical (unpaired) electrons. The van der Waals surface area contributed by atoms with Gasteiger partial charge in [0, 0.05) is 0 Å². The van der Waals surface area contributed by atoms with Crippen LogP contribution < -0.4 is 9.47 Å². The maximum absolute atomic E-state index is 12.7. The van der Waals surface area contributed by atoms with E-state index in [2.05, 4.69) is 6.92 Å². The van der Waals surface area contributed by atoms with Gasteiger partial charge in [-0.2, -0.15) is 0 Å². The Morgan fingerprint density at radius 1 is 1.19 bits per heavy atom. The summed E-state index contributed by atoms with van der Waals surface area (Å²) in [6, 6.07) is 4.53. The first-order valence-corrected chi connectivity index (χ1v) is 12.0. The smallest absolute Gasteiger partial charge is 0.326 e. The van der Waals surface area contributed by atoms with Gasteiger partial charge >= 0.3 is 5.97 Å². The summed E-state index contributed by atoms with van der Waals surface area (Å²) in [7, 11) is 1.58. The van der Waals surface area contributed by atoms with Crippen LogP contribution in [-0.2, 0) is 9.59 Å². The van der Waals surface area contributed by atoms with Crippen LogP contribution in [-0.4, -0.2) is 46.0 Å². The average molecular weight is 466 g/mol. The zero-order valence-electron chi connectivity index (χ0n) is 18.4. The van der Waals surface area contributed by atoms with E-state index in [0.717, 1.165) is 30.2 Å². The fourth-order valence-electron chi connectivity index (χ4n) is 3.33. The molecule has 0 unspecified atom stereocenters. The lowest BCUT2D eigenvalue weighted by Gasteiger charge is -2.21. The van der Waals surface area contributed by atoms with E-state index < -0.39 is 12.0 Å². The number of carboxylic acid groups (broad SMARTS) is 1. The second kappa shape index (κ2) is 12.7. The average Bonchev–Trinajstić information content (AvgIpc) is 3.02. The highest BCUT2D eigenvalue weighted by molar-refractivity contribution is 8.26.